The van der Waals surface area contributed by atoms with Gasteiger partial charge in [0.2, 0.25) is 0 Å². The van der Waals surface area contributed by atoms with E-state index in [0.717, 1.165) is 76.6 Å². The zero-order valence-electron chi connectivity index (χ0n) is 24.2. The highest BCUT2D eigenvalue weighted by Gasteiger charge is 2.38. The van der Waals surface area contributed by atoms with Gasteiger partial charge in [0.1, 0.15) is 6.33 Å². The number of halogens is 3. The lowest BCUT2D eigenvalue weighted by Gasteiger charge is -2.28. The van der Waals surface area contributed by atoms with E-state index in [1.54, 1.807) is 0 Å². The van der Waals surface area contributed by atoms with Crippen molar-refractivity contribution in [2.45, 2.75) is 19.0 Å². The molecule has 0 unspecified atom stereocenters. The number of ether oxygens (including phenoxy) is 1. The molecule has 4 aromatic heterocycles. The zero-order chi connectivity index (χ0) is 32.3. The second-order valence-corrected chi connectivity index (χ2v) is 10.3. The lowest BCUT2D eigenvalue weighted by molar-refractivity contribution is -0.192. The van der Waals surface area contributed by atoms with Gasteiger partial charge < -0.3 is 19.8 Å². The first kappa shape index (κ1) is 30.5. The van der Waals surface area contributed by atoms with Crippen molar-refractivity contribution in [1.82, 2.24) is 34.1 Å². The van der Waals surface area contributed by atoms with Gasteiger partial charge in [-0.3, -0.25) is 9.38 Å². The third-order valence-corrected chi connectivity index (χ3v) is 7.28. The highest BCUT2D eigenvalue weighted by atomic mass is 19.4. The molecule has 6 aromatic rings. The van der Waals surface area contributed by atoms with Crippen molar-refractivity contribution in [3.05, 3.63) is 90.8 Å². The summed E-state index contributed by atoms with van der Waals surface area (Å²) in [4.78, 5) is 29.7. The number of anilines is 1. The van der Waals surface area contributed by atoms with Crippen LogP contribution in [0.25, 0.3) is 33.5 Å². The van der Waals surface area contributed by atoms with Crippen LogP contribution in [0.3, 0.4) is 0 Å². The Hall–Kier alpha value is -5.57. The van der Waals surface area contributed by atoms with Crippen LogP contribution in [-0.2, 0) is 22.4 Å². The molecule has 1 aliphatic heterocycles. The minimum Gasteiger partial charge on any atom is -0.478 e. The van der Waals surface area contributed by atoms with Gasteiger partial charge >= 0.3 is 18.2 Å². The molecule has 0 radical (unpaired) electrons. The Balaban J connectivity index is 0.000000480. The van der Waals surface area contributed by atoms with Gasteiger partial charge in [0.25, 0.3) is 0 Å². The van der Waals surface area contributed by atoms with Crippen LogP contribution in [0.4, 0.5) is 19.0 Å². The molecule has 15 heteroatoms. The van der Waals surface area contributed by atoms with E-state index < -0.39 is 12.1 Å². The quantitative estimate of drug-likeness (QED) is 0.270. The molecule has 1 fully saturated rings. The monoisotopic (exact) mass is 632 g/mol. The van der Waals surface area contributed by atoms with Crippen molar-refractivity contribution < 1.29 is 32.9 Å². The molecule has 0 saturated carbocycles. The molecule has 0 bridgehead atoms. The number of carbonyl (C=O) groups is 1. The van der Waals surface area contributed by atoms with Gasteiger partial charge in [0, 0.05) is 35.9 Å². The Morgan fingerprint density at radius 3 is 2.33 bits per heavy atom. The van der Waals surface area contributed by atoms with E-state index in [1.807, 2.05) is 48.7 Å². The number of aliphatic carboxylic acids is 1. The van der Waals surface area contributed by atoms with Gasteiger partial charge in [0.05, 0.1) is 42.0 Å². The van der Waals surface area contributed by atoms with Crippen LogP contribution in [0.15, 0.2) is 79.4 Å². The molecule has 5 heterocycles. The number of aryl methyl sites for hydroxylation is 2. The second kappa shape index (κ2) is 12.8. The molecule has 0 spiro atoms. The van der Waals surface area contributed by atoms with Crippen molar-refractivity contribution in [3.8, 4) is 23.0 Å². The Kier molecular flexibility index (Phi) is 8.48. The second-order valence-electron chi connectivity index (χ2n) is 10.3. The predicted molar refractivity (Wildman–Crippen MR) is 161 cm³/mol. The summed E-state index contributed by atoms with van der Waals surface area (Å²) in [7, 11) is 0. The van der Waals surface area contributed by atoms with Crippen molar-refractivity contribution in [2.24, 2.45) is 0 Å². The van der Waals surface area contributed by atoms with Crippen molar-refractivity contribution in [2.75, 3.05) is 31.2 Å². The van der Waals surface area contributed by atoms with E-state index in [-0.39, 0.29) is 6.01 Å². The van der Waals surface area contributed by atoms with Crippen LogP contribution in [0, 0.1) is 0 Å². The number of imidazole rings is 1. The maximum atomic E-state index is 10.6. The molecule has 1 aliphatic rings. The van der Waals surface area contributed by atoms with E-state index in [2.05, 4.69) is 43.8 Å². The van der Waals surface area contributed by atoms with Gasteiger partial charge in [-0.25, -0.2) is 19.4 Å². The molecule has 2 N–H and O–H groups in total. The minimum atomic E-state index is -5.08. The number of benzene rings is 2. The number of para-hydroxylation sites is 1. The number of aromatic nitrogens is 7. The SMILES string of the molecule is O=C(O)C(F)(F)F.Oc1ncn(-c2ccc(-c3cnc(N4CCOCC4)c4nc(CCc5ccc6ccccc6n5)cn34)cc2)n1. The Morgan fingerprint density at radius 2 is 1.63 bits per heavy atom. The van der Waals surface area contributed by atoms with Crippen LogP contribution in [0.2, 0.25) is 0 Å². The Bertz CT molecular complexity index is 1990. The lowest BCUT2D eigenvalue weighted by Crippen LogP contribution is -2.37. The minimum absolute atomic E-state index is 0.256. The van der Waals surface area contributed by atoms with Gasteiger partial charge in [-0.2, -0.15) is 18.2 Å². The van der Waals surface area contributed by atoms with Gasteiger partial charge in [0.15, 0.2) is 11.5 Å². The van der Waals surface area contributed by atoms with Crippen LogP contribution in [-0.4, -0.2) is 82.8 Å². The first-order valence-corrected chi connectivity index (χ1v) is 14.2. The van der Waals surface area contributed by atoms with E-state index in [4.69, 9.17) is 29.6 Å². The molecule has 0 aliphatic carbocycles. The van der Waals surface area contributed by atoms with Gasteiger partial charge in [-0.05, 0) is 37.1 Å². The van der Waals surface area contributed by atoms with E-state index in [0.29, 0.717) is 13.2 Å². The molecular formula is C31H27F3N8O4. The molecule has 7 rings (SSSR count). The molecule has 0 amide bonds. The molecule has 0 atom stereocenters. The molecular weight excluding hydrogens is 605 g/mol. The fourth-order valence-corrected chi connectivity index (χ4v) is 5.01. The first-order chi connectivity index (χ1) is 22.2. The number of hydrogen-bond acceptors (Lipinski definition) is 9. The van der Waals surface area contributed by atoms with Crippen molar-refractivity contribution in [1.29, 1.82) is 0 Å². The third-order valence-electron chi connectivity index (χ3n) is 7.28. The first-order valence-electron chi connectivity index (χ1n) is 14.2. The molecule has 236 valence electrons. The number of aromatic hydroxyl groups is 1. The predicted octanol–water partition coefficient (Wildman–Crippen LogP) is 4.49. The molecule has 46 heavy (non-hydrogen) atoms. The van der Waals surface area contributed by atoms with E-state index in [1.165, 1.54) is 11.0 Å². The summed E-state index contributed by atoms with van der Waals surface area (Å²) in [6, 6.07) is 20.1. The van der Waals surface area contributed by atoms with Gasteiger partial charge in [-0.15, -0.1) is 5.10 Å². The maximum Gasteiger partial charge on any atom is 0.490 e. The van der Waals surface area contributed by atoms with Crippen LogP contribution in [0.5, 0.6) is 6.01 Å². The number of alkyl halides is 3. The smallest absolute Gasteiger partial charge is 0.478 e. The number of fused-ring (bicyclic) bond motifs is 2. The van der Waals surface area contributed by atoms with Gasteiger partial charge in [-0.1, -0.05) is 36.4 Å². The summed E-state index contributed by atoms with van der Waals surface area (Å²) in [5, 5.41) is 21.7. The van der Waals surface area contributed by atoms with Crippen molar-refractivity contribution >= 4 is 28.3 Å². The molecule has 12 nitrogen and oxygen atoms in total. The van der Waals surface area contributed by atoms with Crippen molar-refractivity contribution in [3.63, 3.8) is 0 Å². The third kappa shape index (κ3) is 6.73. The summed E-state index contributed by atoms with van der Waals surface area (Å²) < 4.78 is 41.0. The number of morpholine rings is 1. The Labute approximate surface area is 259 Å². The van der Waals surface area contributed by atoms with Crippen LogP contribution in [0.1, 0.15) is 11.4 Å². The maximum absolute atomic E-state index is 10.6. The number of nitrogens with zero attached hydrogens (tertiary/aromatic N) is 8. The summed E-state index contributed by atoms with van der Waals surface area (Å²) in [5.41, 5.74) is 6.62. The summed E-state index contributed by atoms with van der Waals surface area (Å²) in [6.07, 6.45) is 1.98. The highest BCUT2D eigenvalue weighted by molar-refractivity contribution is 5.78. The van der Waals surface area contributed by atoms with E-state index in [9.17, 15) is 18.3 Å². The highest BCUT2D eigenvalue weighted by Crippen LogP contribution is 2.28. The topological polar surface area (TPSA) is 144 Å². The zero-order valence-corrected chi connectivity index (χ0v) is 24.2. The van der Waals surface area contributed by atoms with Crippen LogP contribution < -0.4 is 4.90 Å². The Morgan fingerprint density at radius 1 is 0.913 bits per heavy atom. The largest absolute Gasteiger partial charge is 0.490 e. The molecule has 1 saturated heterocycles. The average molecular weight is 633 g/mol. The normalized spacial score (nSPS) is 13.5. The fourth-order valence-electron chi connectivity index (χ4n) is 5.01. The number of carboxylic acid groups (broad SMARTS) is 1. The summed E-state index contributed by atoms with van der Waals surface area (Å²) in [5.74, 6) is -1.89. The summed E-state index contributed by atoms with van der Waals surface area (Å²) >= 11 is 0. The molecule has 2 aromatic carbocycles. The lowest BCUT2D eigenvalue weighted by atomic mass is 10.1. The fraction of sp³-hybridized carbons (Fsp3) is 0.226. The average Bonchev–Trinajstić information content (AvgIpc) is 3.70. The number of rotatable bonds is 6. The number of pyridine rings is 1. The summed E-state index contributed by atoms with van der Waals surface area (Å²) in [6.45, 7) is 2.92. The van der Waals surface area contributed by atoms with E-state index >= 15 is 0 Å². The number of carboxylic acids is 1. The van der Waals surface area contributed by atoms with Crippen LogP contribution >= 0.6 is 0 Å². The standard InChI is InChI=1S/C29H26N8O2.C2HF3O2/c38-29-31-19-37(34-29)24-11-6-21(7-12-24)26-17-30-27(35-13-15-39-16-14-35)28-33-23(18-36(26)28)10-9-22-8-5-20-3-1-2-4-25(20)32-22;3-2(4,5)1(6)7/h1-8,11-12,17-19H,9-10,13-16H2,(H,34,38);(H,6,7). The number of hydrogen-bond donors (Lipinski definition) is 2.